The van der Waals surface area contributed by atoms with Crippen LogP contribution in [0.15, 0.2) is 24.3 Å². The van der Waals surface area contributed by atoms with Crippen LogP contribution in [0.3, 0.4) is 0 Å². The van der Waals surface area contributed by atoms with E-state index < -0.39 is 12.8 Å². The van der Waals surface area contributed by atoms with Crippen molar-refractivity contribution < 1.29 is 27.4 Å². The van der Waals surface area contributed by atoms with Crippen LogP contribution < -0.4 is 4.74 Å². The standard InChI is InChI=1S/C17H22F3NO3/c18-17(19,20)12-24-14-5-3-4-13(10-14)11-21-7-2-1-6-15(21)16-22-8-9-23-16/h3-5,10,15-16H,1-2,6-9,11-12H2. The molecule has 0 saturated carbocycles. The van der Waals surface area contributed by atoms with Crippen LogP contribution in [0, 0.1) is 0 Å². The molecule has 3 rings (SSSR count). The zero-order chi connectivity index (χ0) is 17.0. The first-order valence-corrected chi connectivity index (χ1v) is 8.27. The molecule has 2 aliphatic heterocycles. The van der Waals surface area contributed by atoms with Gasteiger partial charge >= 0.3 is 6.18 Å². The van der Waals surface area contributed by atoms with Gasteiger partial charge in [-0.1, -0.05) is 18.6 Å². The third-order valence-corrected chi connectivity index (χ3v) is 4.31. The predicted molar refractivity (Wildman–Crippen MR) is 81.7 cm³/mol. The molecule has 1 unspecified atom stereocenters. The van der Waals surface area contributed by atoms with E-state index in [-0.39, 0.29) is 18.1 Å². The fraction of sp³-hybridized carbons (Fsp3) is 0.647. The van der Waals surface area contributed by atoms with Gasteiger partial charge in [0.05, 0.1) is 19.3 Å². The molecule has 0 radical (unpaired) electrons. The minimum atomic E-state index is -4.33. The van der Waals surface area contributed by atoms with Gasteiger partial charge in [0.15, 0.2) is 12.9 Å². The molecule has 0 N–H and O–H groups in total. The van der Waals surface area contributed by atoms with Crippen molar-refractivity contribution in [2.45, 2.75) is 44.3 Å². The lowest BCUT2D eigenvalue weighted by Gasteiger charge is -2.38. The number of alkyl halides is 3. The molecule has 0 aromatic heterocycles. The number of ether oxygens (including phenoxy) is 3. The van der Waals surface area contributed by atoms with E-state index in [4.69, 9.17) is 14.2 Å². The van der Waals surface area contributed by atoms with Gasteiger partial charge in [-0.3, -0.25) is 4.90 Å². The summed E-state index contributed by atoms with van der Waals surface area (Å²) in [4.78, 5) is 2.29. The van der Waals surface area contributed by atoms with Crippen molar-refractivity contribution in [2.24, 2.45) is 0 Å². The lowest BCUT2D eigenvalue weighted by atomic mass is 10.0. The molecule has 1 aromatic rings. The summed E-state index contributed by atoms with van der Waals surface area (Å²) in [6.07, 6.45) is -1.28. The highest BCUT2D eigenvalue weighted by Gasteiger charge is 2.33. The highest BCUT2D eigenvalue weighted by Crippen LogP contribution is 2.27. The molecule has 0 bridgehead atoms. The normalized spacial score (nSPS) is 23.5. The monoisotopic (exact) mass is 345 g/mol. The van der Waals surface area contributed by atoms with Crippen LogP contribution in [0.4, 0.5) is 13.2 Å². The van der Waals surface area contributed by atoms with E-state index in [1.807, 2.05) is 6.07 Å². The van der Waals surface area contributed by atoms with Gasteiger partial charge in [0, 0.05) is 6.54 Å². The Kier molecular flexibility index (Phi) is 5.63. The van der Waals surface area contributed by atoms with E-state index in [0.29, 0.717) is 19.8 Å². The number of rotatable bonds is 5. The Balaban J connectivity index is 1.63. The molecule has 4 nitrogen and oxygen atoms in total. The maximum atomic E-state index is 12.3. The summed E-state index contributed by atoms with van der Waals surface area (Å²) in [6, 6.07) is 7.05. The minimum absolute atomic E-state index is 0.195. The number of likely N-dealkylation sites (tertiary alicyclic amines) is 1. The predicted octanol–water partition coefficient (Wildman–Crippen LogP) is 3.36. The lowest BCUT2D eigenvalue weighted by molar-refractivity contribution is -0.153. The smallest absolute Gasteiger partial charge is 0.422 e. The van der Waals surface area contributed by atoms with Gasteiger partial charge in [-0.05, 0) is 37.1 Å². The van der Waals surface area contributed by atoms with Crippen molar-refractivity contribution in [3.63, 3.8) is 0 Å². The second-order valence-electron chi connectivity index (χ2n) is 6.19. The Morgan fingerprint density at radius 1 is 1.17 bits per heavy atom. The van der Waals surface area contributed by atoms with Crippen molar-refractivity contribution in [3.8, 4) is 5.75 Å². The number of hydrogen-bond donors (Lipinski definition) is 0. The molecule has 2 fully saturated rings. The van der Waals surface area contributed by atoms with Crippen LogP contribution in [0.5, 0.6) is 5.75 Å². The Morgan fingerprint density at radius 2 is 1.96 bits per heavy atom. The summed E-state index contributed by atoms with van der Waals surface area (Å²) in [6.45, 7) is 1.55. The number of benzene rings is 1. The second-order valence-corrected chi connectivity index (χ2v) is 6.19. The van der Waals surface area contributed by atoms with Crippen LogP contribution in [-0.2, 0) is 16.0 Å². The Hall–Kier alpha value is -1.31. The highest BCUT2D eigenvalue weighted by molar-refractivity contribution is 5.28. The molecule has 1 aromatic carbocycles. The van der Waals surface area contributed by atoms with Gasteiger partial charge in [0.2, 0.25) is 0 Å². The molecule has 134 valence electrons. The van der Waals surface area contributed by atoms with Crippen LogP contribution in [0.2, 0.25) is 0 Å². The third-order valence-electron chi connectivity index (χ3n) is 4.31. The van der Waals surface area contributed by atoms with E-state index in [9.17, 15) is 13.2 Å². The Morgan fingerprint density at radius 3 is 2.71 bits per heavy atom. The average Bonchev–Trinajstić information content (AvgIpc) is 3.08. The molecule has 2 heterocycles. The Labute approximate surface area is 139 Å². The van der Waals surface area contributed by atoms with Crippen molar-refractivity contribution in [2.75, 3.05) is 26.4 Å². The molecule has 0 aliphatic carbocycles. The number of piperidine rings is 1. The first kappa shape index (κ1) is 17.5. The highest BCUT2D eigenvalue weighted by atomic mass is 19.4. The maximum Gasteiger partial charge on any atom is 0.422 e. The minimum Gasteiger partial charge on any atom is -0.484 e. The van der Waals surface area contributed by atoms with Gasteiger partial charge in [0.25, 0.3) is 0 Å². The van der Waals surface area contributed by atoms with Crippen LogP contribution >= 0.6 is 0 Å². The summed E-state index contributed by atoms with van der Waals surface area (Å²) in [5.74, 6) is 0.242. The number of hydrogen-bond acceptors (Lipinski definition) is 4. The fourth-order valence-electron chi connectivity index (χ4n) is 3.25. The lowest BCUT2D eigenvalue weighted by Crippen LogP contribution is -2.46. The zero-order valence-electron chi connectivity index (χ0n) is 13.4. The molecule has 1 atom stereocenters. The van der Waals surface area contributed by atoms with E-state index >= 15 is 0 Å². The summed E-state index contributed by atoms with van der Waals surface area (Å²) < 4.78 is 53.0. The largest absolute Gasteiger partial charge is 0.484 e. The van der Waals surface area contributed by atoms with E-state index in [2.05, 4.69) is 4.90 Å². The summed E-state index contributed by atoms with van der Waals surface area (Å²) in [7, 11) is 0. The van der Waals surface area contributed by atoms with Crippen molar-refractivity contribution in [1.82, 2.24) is 4.90 Å². The average molecular weight is 345 g/mol. The molecule has 0 spiro atoms. The van der Waals surface area contributed by atoms with Gasteiger partial charge < -0.3 is 14.2 Å². The Bertz CT molecular complexity index is 532. The van der Waals surface area contributed by atoms with E-state index in [1.54, 1.807) is 18.2 Å². The molecular formula is C17H22F3NO3. The SMILES string of the molecule is FC(F)(F)COc1cccc(CN2CCCCC2C2OCCO2)c1. The molecule has 24 heavy (non-hydrogen) atoms. The van der Waals surface area contributed by atoms with Crippen molar-refractivity contribution in [3.05, 3.63) is 29.8 Å². The fourth-order valence-corrected chi connectivity index (χ4v) is 3.25. The van der Waals surface area contributed by atoms with Crippen LogP contribution in [0.25, 0.3) is 0 Å². The van der Waals surface area contributed by atoms with Crippen molar-refractivity contribution in [1.29, 1.82) is 0 Å². The first-order valence-electron chi connectivity index (χ1n) is 8.27. The topological polar surface area (TPSA) is 30.9 Å². The van der Waals surface area contributed by atoms with Crippen LogP contribution in [-0.4, -0.2) is 49.8 Å². The summed E-state index contributed by atoms with van der Waals surface area (Å²) in [5.41, 5.74) is 0.930. The molecule has 2 saturated heterocycles. The van der Waals surface area contributed by atoms with Gasteiger partial charge in [-0.25, -0.2) is 0 Å². The van der Waals surface area contributed by atoms with E-state index in [1.165, 1.54) is 0 Å². The molecule has 0 amide bonds. The number of nitrogens with zero attached hydrogens (tertiary/aromatic N) is 1. The zero-order valence-corrected chi connectivity index (χ0v) is 13.4. The van der Waals surface area contributed by atoms with Gasteiger partial charge in [0.1, 0.15) is 5.75 Å². The first-order chi connectivity index (χ1) is 11.5. The maximum absolute atomic E-state index is 12.3. The molecule has 2 aliphatic rings. The second kappa shape index (κ2) is 7.72. The van der Waals surface area contributed by atoms with Gasteiger partial charge in [-0.15, -0.1) is 0 Å². The van der Waals surface area contributed by atoms with Crippen LogP contribution in [0.1, 0.15) is 24.8 Å². The van der Waals surface area contributed by atoms with Gasteiger partial charge in [-0.2, -0.15) is 13.2 Å². The van der Waals surface area contributed by atoms with Crippen molar-refractivity contribution >= 4 is 0 Å². The summed E-state index contributed by atoms with van der Waals surface area (Å²) >= 11 is 0. The third kappa shape index (κ3) is 4.84. The quantitative estimate of drug-likeness (QED) is 0.819. The molecule has 7 heteroatoms. The van der Waals surface area contributed by atoms with E-state index in [0.717, 1.165) is 31.4 Å². The number of halogens is 3. The molecular weight excluding hydrogens is 323 g/mol. The summed E-state index contributed by atoms with van der Waals surface area (Å²) in [5, 5.41) is 0.